The molecule has 2 atom stereocenters. The first-order chi connectivity index (χ1) is 8.15. The second-order valence-electron chi connectivity index (χ2n) is 5.13. The van der Waals surface area contributed by atoms with E-state index in [1.165, 1.54) is 18.5 Å². The van der Waals surface area contributed by atoms with Crippen LogP contribution in [0.4, 0.5) is 11.4 Å². The molecule has 4 heteroatoms. The van der Waals surface area contributed by atoms with E-state index in [1.54, 1.807) is 0 Å². The van der Waals surface area contributed by atoms with Gasteiger partial charge in [0.1, 0.15) is 0 Å². The van der Waals surface area contributed by atoms with Crippen molar-refractivity contribution >= 4 is 27.3 Å². The molecule has 0 radical (unpaired) electrons. The van der Waals surface area contributed by atoms with Crippen molar-refractivity contribution in [1.29, 1.82) is 0 Å². The van der Waals surface area contributed by atoms with Gasteiger partial charge in [0.15, 0.2) is 0 Å². The SMILES string of the molecule is Nc1ccc(N2C3CCC2CC(O)C3)c(Br)c1. The Bertz CT molecular complexity index is 423. The van der Waals surface area contributed by atoms with Gasteiger partial charge in [0, 0.05) is 22.2 Å². The van der Waals surface area contributed by atoms with Crippen molar-refractivity contribution in [3.05, 3.63) is 22.7 Å². The highest BCUT2D eigenvalue weighted by atomic mass is 79.9. The average molecular weight is 297 g/mol. The second-order valence-corrected chi connectivity index (χ2v) is 5.98. The second kappa shape index (κ2) is 4.18. The van der Waals surface area contributed by atoms with Crippen LogP contribution in [-0.4, -0.2) is 23.3 Å². The Kier molecular flexibility index (Phi) is 2.79. The predicted octanol–water partition coefficient (Wildman–Crippen LogP) is 2.52. The van der Waals surface area contributed by atoms with Crippen LogP contribution < -0.4 is 10.6 Å². The summed E-state index contributed by atoms with van der Waals surface area (Å²) in [6, 6.07) is 6.97. The lowest BCUT2D eigenvalue weighted by molar-refractivity contribution is 0.126. The van der Waals surface area contributed by atoms with E-state index in [9.17, 15) is 5.11 Å². The molecule has 0 aromatic heterocycles. The Morgan fingerprint density at radius 2 is 1.88 bits per heavy atom. The number of aliphatic hydroxyl groups is 1. The molecule has 1 aromatic rings. The number of halogens is 1. The molecule has 0 amide bonds. The van der Waals surface area contributed by atoms with E-state index in [-0.39, 0.29) is 6.10 Å². The molecule has 2 heterocycles. The van der Waals surface area contributed by atoms with Gasteiger partial charge in [-0.25, -0.2) is 0 Å². The fraction of sp³-hybridized carbons (Fsp3) is 0.538. The van der Waals surface area contributed by atoms with Gasteiger partial charge in [0.25, 0.3) is 0 Å². The lowest BCUT2D eigenvalue weighted by Crippen LogP contribution is -2.44. The highest BCUT2D eigenvalue weighted by Gasteiger charge is 2.40. The monoisotopic (exact) mass is 296 g/mol. The van der Waals surface area contributed by atoms with E-state index >= 15 is 0 Å². The third kappa shape index (κ3) is 1.93. The van der Waals surface area contributed by atoms with Gasteiger partial charge >= 0.3 is 0 Å². The van der Waals surface area contributed by atoms with Gasteiger partial charge in [0.2, 0.25) is 0 Å². The number of nitrogen functional groups attached to an aromatic ring is 1. The van der Waals surface area contributed by atoms with Crippen molar-refractivity contribution in [1.82, 2.24) is 0 Å². The molecule has 3 rings (SSSR count). The van der Waals surface area contributed by atoms with Crippen LogP contribution in [0.1, 0.15) is 25.7 Å². The topological polar surface area (TPSA) is 49.5 Å². The van der Waals surface area contributed by atoms with E-state index in [1.807, 2.05) is 12.1 Å². The first kappa shape index (κ1) is 11.4. The molecule has 3 nitrogen and oxygen atoms in total. The van der Waals surface area contributed by atoms with Crippen LogP contribution >= 0.6 is 15.9 Å². The first-order valence-corrected chi connectivity index (χ1v) is 6.96. The smallest absolute Gasteiger partial charge is 0.0579 e. The maximum absolute atomic E-state index is 9.81. The highest BCUT2D eigenvalue weighted by Crippen LogP contribution is 2.42. The van der Waals surface area contributed by atoms with Crippen LogP contribution in [0.25, 0.3) is 0 Å². The van der Waals surface area contributed by atoms with Crippen molar-refractivity contribution in [3.63, 3.8) is 0 Å². The van der Waals surface area contributed by atoms with Crippen molar-refractivity contribution in [2.75, 3.05) is 10.6 Å². The molecule has 2 bridgehead atoms. The molecule has 0 saturated carbocycles. The molecule has 2 fully saturated rings. The summed E-state index contributed by atoms with van der Waals surface area (Å²) in [6.07, 6.45) is 4.06. The van der Waals surface area contributed by atoms with Gasteiger partial charge in [-0.15, -0.1) is 0 Å². The molecule has 2 unspecified atom stereocenters. The number of piperidine rings is 1. The van der Waals surface area contributed by atoms with Gasteiger partial charge in [-0.2, -0.15) is 0 Å². The fourth-order valence-electron chi connectivity index (χ4n) is 3.27. The highest BCUT2D eigenvalue weighted by molar-refractivity contribution is 9.10. The van der Waals surface area contributed by atoms with Crippen molar-refractivity contribution in [3.8, 4) is 0 Å². The largest absolute Gasteiger partial charge is 0.399 e. The molecule has 2 aliphatic heterocycles. The molecule has 92 valence electrons. The summed E-state index contributed by atoms with van der Waals surface area (Å²) in [7, 11) is 0. The zero-order valence-electron chi connectivity index (χ0n) is 9.64. The van der Waals surface area contributed by atoms with Gasteiger partial charge < -0.3 is 15.7 Å². The molecular weight excluding hydrogens is 280 g/mol. The molecule has 0 aliphatic carbocycles. The zero-order chi connectivity index (χ0) is 12.0. The summed E-state index contributed by atoms with van der Waals surface area (Å²) in [5, 5.41) is 9.81. The van der Waals surface area contributed by atoms with E-state index in [4.69, 9.17) is 5.73 Å². The number of nitrogens with two attached hydrogens (primary N) is 1. The number of hydrogen-bond donors (Lipinski definition) is 2. The Morgan fingerprint density at radius 1 is 1.24 bits per heavy atom. The molecule has 1 aromatic carbocycles. The quantitative estimate of drug-likeness (QED) is 0.783. The molecular formula is C13H17BrN2O. The lowest BCUT2D eigenvalue weighted by Gasteiger charge is -2.39. The average Bonchev–Trinajstić information content (AvgIpc) is 2.53. The number of fused-ring (bicyclic) bond motifs is 2. The van der Waals surface area contributed by atoms with E-state index in [2.05, 4.69) is 26.9 Å². The summed E-state index contributed by atoms with van der Waals surface area (Å²) in [6.45, 7) is 0. The van der Waals surface area contributed by atoms with E-state index in [0.29, 0.717) is 12.1 Å². The summed E-state index contributed by atoms with van der Waals surface area (Å²) in [4.78, 5) is 2.47. The summed E-state index contributed by atoms with van der Waals surface area (Å²) in [5.74, 6) is 0. The fourth-order valence-corrected chi connectivity index (χ4v) is 3.88. The summed E-state index contributed by atoms with van der Waals surface area (Å²) >= 11 is 3.60. The Morgan fingerprint density at radius 3 is 2.47 bits per heavy atom. The summed E-state index contributed by atoms with van der Waals surface area (Å²) in [5.41, 5.74) is 7.78. The van der Waals surface area contributed by atoms with Crippen LogP contribution in [0.2, 0.25) is 0 Å². The number of nitrogens with zero attached hydrogens (tertiary/aromatic N) is 1. The normalized spacial score (nSPS) is 31.9. The maximum Gasteiger partial charge on any atom is 0.0579 e. The minimum atomic E-state index is -0.115. The first-order valence-electron chi connectivity index (χ1n) is 6.16. The lowest BCUT2D eigenvalue weighted by atomic mass is 9.99. The van der Waals surface area contributed by atoms with Crippen molar-refractivity contribution in [2.45, 2.75) is 43.9 Å². The van der Waals surface area contributed by atoms with Gasteiger partial charge in [-0.05, 0) is 59.8 Å². The number of rotatable bonds is 1. The molecule has 0 spiro atoms. The predicted molar refractivity (Wildman–Crippen MR) is 73.1 cm³/mol. The minimum Gasteiger partial charge on any atom is -0.399 e. The van der Waals surface area contributed by atoms with E-state index < -0.39 is 0 Å². The van der Waals surface area contributed by atoms with Gasteiger partial charge in [0.05, 0.1) is 11.8 Å². The van der Waals surface area contributed by atoms with Gasteiger partial charge in [-0.3, -0.25) is 0 Å². The third-order valence-corrected chi connectivity index (χ3v) is 4.59. The standard InChI is InChI=1S/C13H17BrN2O/c14-12-5-8(15)1-4-13(12)16-9-2-3-10(16)7-11(17)6-9/h1,4-5,9-11,17H,2-3,6-7,15H2. The third-order valence-electron chi connectivity index (χ3n) is 3.96. The van der Waals surface area contributed by atoms with E-state index in [0.717, 1.165) is 23.0 Å². The van der Waals surface area contributed by atoms with Crippen LogP contribution in [0.15, 0.2) is 22.7 Å². The van der Waals surface area contributed by atoms with Crippen LogP contribution in [0.3, 0.4) is 0 Å². The van der Waals surface area contributed by atoms with Crippen LogP contribution in [-0.2, 0) is 0 Å². The molecule has 3 N–H and O–H groups in total. The Balaban J connectivity index is 1.94. The number of anilines is 2. The maximum atomic E-state index is 9.81. The molecule has 2 aliphatic rings. The zero-order valence-corrected chi connectivity index (χ0v) is 11.2. The van der Waals surface area contributed by atoms with Crippen LogP contribution in [0.5, 0.6) is 0 Å². The summed E-state index contributed by atoms with van der Waals surface area (Å²) < 4.78 is 1.06. The molecule has 2 saturated heterocycles. The van der Waals surface area contributed by atoms with Crippen molar-refractivity contribution < 1.29 is 5.11 Å². The minimum absolute atomic E-state index is 0.115. The Hall–Kier alpha value is -0.740. The number of hydrogen-bond acceptors (Lipinski definition) is 3. The number of benzene rings is 1. The Labute approximate surface area is 110 Å². The molecule has 17 heavy (non-hydrogen) atoms. The van der Waals surface area contributed by atoms with Crippen molar-refractivity contribution in [2.24, 2.45) is 0 Å². The van der Waals surface area contributed by atoms with Crippen LogP contribution in [0, 0.1) is 0 Å². The number of aliphatic hydroxyl groups excluding tert-OH is 1. The van der Waals surface area contributed by atoms with Gasteiger partial charge in [-0.1, -0.05) is 0 Å².